The summed E-state index contributed by atoms with van der Waals surface area (Å²) in [6, 6.07) is 2.03. The molecule has 0 spiro atoms. The molecule has 1 aliphatic heterocycles. The van der Waals surface area contributed by atoms with Crippen LogP contribution in [0.15, 0.2) is 0 Å². The van der Waals surface area contributed by atoms with Crippen molar-refractivity contribution in [3.63, 3.8) is 0 Å². The van der Waals surface area contributed by atoms with Crippen LogP contribution in [0.2, 0.25) is 0 Å². The standard InChI is InChI=1S/C13H21N3O2/c1-10-12(18)15-11(17)8-16(10)7-5-4-6-13(2,3)9-14/h10H,4-8H2,1-3H3,(H,15,17,18). The molecule has 0 aromatic heterocycles. The van der Waals surface area contributed by atoms with Crippen LogP contribution in [0.3, 0.4) is 0 Å². The molecule has 1 rings (SSSR count). The summed E-state index contributed by atoms with van der Waals surface area (Å²) in [6.07, 6.45) is 2.67. The fourth-order valence-electron chi connectivity index (χ4n) is 1.98. The quantitative estimate of drug-likeness (QED) is 0.585. The van der Waals surface area contributed by atoms with Crippen molar-refractivity contribution in [2.75, 3.05) is 13.1 Å². The van der Waals surface area contributed by atoms with Gasteiger partial charge in [0.25, 0.3) is 0 Å². The van der Waals surface area contributed by atoms with Crippen molar-refractivity contribution in [1.29, 1.82) is 5.26 Å². The van der Waals surface area contributed by atoms with Crippen LogP contribution in [0.4, 0.5) is 0 Å². The van der Waals surface area contributed by atoms with E-state index in [0.29, 0.717) is 0 Å². The van der Waals surface area contributed by atoms with Gasteiger partial charge in [-0.2, -0.15) is 5.26 Å². The summed E-state index contributed by atoms with van der Waals surface area (Å²) in [5, 5.41) is 11.2. The van der Waals surface area contributed by atoms with Crippen LogP contribution in [0, 0.1) is 16.7 Å². The van der Waals surface area contributed by atoms with Crippen molar-refractivity contribution in [3.8, 4) is 6.07 Å². The number of amides is 2. The topological polar surface area (TPSA) is 73.2 Å². The molecular formula is C13H21N3O2. The van der Waals surface area contributed by atoms with Crippen LogP contribution in [-0.4, -0.2) is 35.8 Å². The number of carbonyl (C=O) groups excluding carboxylic acids is 2. The number of hydrogen-bond donors (Lipinski definition) is 1. The summed E-state index contributed by atoms with van der Waals surface area (Å²) >= 11 is 0. The highest BCUT2D eigenvalue weighted by Crippen LogP contribution is 2.21. The van der Waals surface area contributed by atoms with E-state index >= 15 is 0 Å². The van der Waals surface area contributed by atoms with Crippen LogP contribution in [0.25, 0.3) is 0 Å². The zero-order valence-corrected chi connectivity index (χ0v) is 11.3. The molecule has 1 unspecified atom stereocenters. The smallest absolute Gasteiger partial charge is 0.243 e. The zero-order chi connectivity index (χ0) is 13.8. The lowest BCUT2D eigenvalue weighted by atomic mass is 9.89. The van der Waals surface area contributed by atoms with Gasteiger partial charge in [-0.3, -0.25) is 19.8 Å². The normalized spacial score (nSPS) is 21.6. The minimum Gasteiger partial charge on any atom is -0.294 e. The molecule has 5 nitrogen and oxygen atoms in total. The third kappa shape index (κ3) is 4.11. The largest absolute Gasteiger partial charge is 0.294 e. The van der Waals surface area contributed by atoms with E-state index in [9.17, 15) is 9.59 Å². The molecule has 1 heterocycles. The van der Waals surface area contributed by atoms with E-state index in [1.807, 2.05) is 18.7 Å². The summed E-state index contributed by atoms with van der Waals surface area (Å²) in [5.74, 6) is -0.445. The minimum absolute atomic E-state index is 0.219. The molecular weight excluding hydrogens is 230 g/mol. The first kappa shape index (κ1) is 14.7. The number of imide groups is 1. The number of hydrogen-bond acceptors (Lipinski definition) is 4. The maximum Gasteiger partial charge on any atom is 0.243 e. The monoisotopic (exact) mass is 251 g/mol. The Morgan fingerprint density at radius 3 is 2.72 bits per heavy atom. The lowest BCUT2D eigenvalue weighted by molar-refractivity contribution is -0.139. The maximum atomic E-state index is 11.4. The molecule has 1 atom stereocenters. The van der Waals surface area contributed by atoms with Gasteiger partial charge in [-0.05, 0) is 40.2 Å². The Bertz CT molecular complexity index is 371. The predicted molar refractivity (Wildman–Crippen MR) is 67.4 cm³/mol. The van der Waals surface area contributed by atoms with Crippen LogP contribution in [0.1, 0.15) is 40.0 Å². The summed E-state index contributed by atoms with van der Waals surface area (Å²) in [6.45, 7) is 6.67. The van der Waals surface area contributed by atoms with Gasteiger partial charge in [-0.25, -0.2) is 0 Å². The van der Waals surface area contributed by atoms with Gasteiger partial charge in [-0.1, -0.05) is 6.42 Å². The first-order chi connectivity index (χ1) is 8.35. The molecule has 2 amide bonds. The summed E-state index contributed by atoms with van der Waals surface area (Å²) in [4.78, 5) is 24.6. The molecule has 0 bridgehead atoms. The van der Waals surface area contributed by atoms with Gasteiger partial charge < -0.3 is 0 Å². The predicted octanol–water partition coefficient (Wildman–Crippen LogP) is 1.05. The Labute approximate surface area is 108 Å². The molecule has 100 valence electrons. The van der Waals surface area contributed by atoms with Crippen molar-refractivity contribution >= 4 is 11.8 Å². The van der Waals surface area contributed by atoms with Crippen molar-refractivity contribution in [1.82, 2.24) is 10.2 Å². The van der Waals surface area contributed by atoms with E-state index < -0.39 is 0 Å². The van der Waals surface area contributed by atoms with Gasteiger partial charge in [0.1, 0.15) is 0 Å². The highest BCUT2D eigenvalue weighted by Gasteiger charge is 2.29. The van der Waals surface area contributed by atoms with Crippen LogP contribution < -0.4 is 5.32 Å². The lowest BCUT2D eigenvalue weighted by Gasteiger charge is -2.31. The highest BCUT2D eigenvalue weighted by molar-refractivity contribution is 6.00. The van der Waals surface area contributed by atoms with Gasteiger partial charge >= 0.3 is 0 Å². The molecule has 1 saturated heterocycles. The van der Waals surface area contributed by atoms with Gasteiger partial charge in [-0.15, -0.1) is 0 Å². The molecule has 1 N–H and O–H groups in total. The number of piperazine rings is 1. The molecule has 1 fully saturated rings. The average molecular weight is 251 g/mol. The SMILES string of the molecule is CC1C(=O)NC(=O)CN1CCCCC(C)(C)C#N. The van der Waals surface area contributed by atoms with Gasteiger partial charge in [0.15, 0.2) is 0 Å². The Balaban J connectivity index is 2.33. The second-order valence-electron chi connectivity index (χ2n) is 5.51. The fraction of sp³-hybridized carbons (Fsp3) is 0.769. The third-order valence-electron chi connectivity index (χ3n) is 3.34. The molecule has 0 aliphatic carbocycles. The van der Waals surface area contributed by atoms with Crippen LogP contribution in [-0.2, 0) is 9.59 Å². The van der Waals surface area contributed by atoms with E-state index in [0.717, 1.165) is 25.8 Å². The highest BCUT2D eigenvalue weighted by atomic mass is 16.2. The van der Waals surface area contributed by atoms with E-state index in [1.54, 1.807) is 6.92 Å². The molecule has 18 heavy (non-hydrogen) atoms. The molecule has 0 saturated carbocycles. The third-order valence-corrected chi connectivity index (χ3v) is 3.34. The van der Waals surface area contributed by atoms with Crippen molar-refractivity contribution < 1.29 is 9.59 Å². The Kier molecular flexibility index (Phi) is 4.85. The molecule has 5 heteroatoms. The van der Waals surface area contributed by atoms with Gasteiger partial charge in [0.2, 0.25) is 11.8 Å². The van der Waals surface area contributed by atoms with Gasteiger partial charge in [0.05, 0.1) is 24.1 Å². The number of rotatable bonds is 5. The van der Waals surface area contributed by atoms with E-state index in [-0.39, 0.29) is 29.8 Å². The average Bonchev–Trinajstić information content (AvgIpc) is 2.30. The number of nitrogens with zero attached hydrogens (tertiary/aromatic N) is 2. The molecule has 0 aromatic rings. The van der Waals surface area contributed by atoms with E-state index in [1.165, 1.54) is 0 Å². The molecule has 1 aliphatic rings. The second kappa shape index (κ2) is 5.96. The summed E-state index contributed by atoms with van der Waals surface area (Å²) < 4.78 is 0. The lowest BCUT2D eigenvalue weighted by Crippen LogP contribution is -2.56. The maximum absolute atomic E-state index is 11.4. The molecule has 0 radical (unpaired) electrons. The van der Waals surface area contributed by atoms with Gasteiger partial charge in [0, 0.05) is 0 Å². The summed E-state index contributed by atoms with van der Waals surface area (Å²) in [5.41, 5.74) is -0.291. The Hall–Kier alpha value is -1.41. The second-order valence-corrected chi connectivity index (χ2v) is 5.51. The van der Waals surface area contributed by atoms with E-state index in [2.05, 4.69) is 11.4 Å². The first-order valence-corrected chi connectivity index (χ1v) is 6.35. The van der Waals surface area contributed by atoms with E-state index in [4.69, 9.17) is 5.26 Å². The van der Waals surface area contributed by atoms with Crippen molar-refractivity contribution in [3.05, 3.63) is 0 Å². The van der Waals surface area contributed by atoms with Crippen molar-refractivity contribution in [2.24, 2.45) is 5.41 Å². The Morgan fingerprint density at radius 2 is 2.11 bits per heavy atom. The van der Waals surface area contributed by atoms with Crippen LogP contribution in [0.5, 0.6) is 0 Å². The summed E-state index contributed by atoms with van der Waals surface area (Å²) in [7, 11) is 0. The van der Waals surface area contributed by atoms with Crippen molar-refractivity contribution in [2.45, 2.75) is 46.1 Å². The number of nitriles is 1. The Morgan fingerprint density at radius 1 is 1.44 bits per heavy atom. The first-order valence-electron chi connectivity index (χ1n) is 6.35. The number of carbonyl (C=O) groups is 2. The van der Waals surface area contributed by atoms with Crippen LogP contribution >= 0.6 is 0 Å². The molecule has 0 aromatic carbocycles. The minimum atomic E-state index is -0.291. The number of unbranched alkanes of at least 4 members (excludes halogenated alkanes) is 1. The zero-order valence-electron chi connectivity index (χ0n) is 11.3. The fourth-order valence-corrected chi connectivity index (χ4v) is 1.98. The number of nitrogens with one attached hydrogen (secondary N) is 1.